The van der Waals surface area contributed by atoms with Gasteiger partial charge >= 0.3 is 5.91 Å². The van der Waals surface area contributed by atoms with Crippen LogP contribution in [0.4, 0.5) is 5.13 Å². The van der Waals surface area contributed by atoms with Gasteiger partial charge in [0.25, 0.3) is 5.78 Å². The molecule has 1 unspecified atom stereocenters. The molecule has 12 heteroatoms. The minimum atomic E-state index is -1.09. The van der Waals surface area contributed by atoms with Crippen molar-refractivity contribution in [1.82, 2.24) is 19.6 Å². The number of carbonyl (C=O) groups excluding carboxylic acids is 2. The van der Waals surface area contributed by atoms with Crippen LogP contribution in [0, 0.1) is 6.92 Å². The first-order chi connectivity index (χ1) is 21.9. The van der Waals surface area contributed by atoms with Crippen molar-refractivity contribution in [2.24, 2.45) is 0 Å². The Morgan fingerprint density at radius 2 is 1.82 bits per heavy atom. The van der Waals surface area contributed by atoms with Crippen LogP contribution in [0.1, 0.15) is 28.6 Å². The van der Waals surface area contributed by atoms with Gasteiger partial charge in [0, 0.05) is 11.9 Å². The van der Waals surface area contributed by atoms with E-state index in [0.29, 0.717) is 32.7 Å². The van der Waals surface area contributed by atoms with Crippen molar-refractivity contribution in [2.45, 2.75) is 23.1 Å². The molecule has 0 saturated carbocycles. The predicted molar refractivity (Wildman–Crippen MR) is 173 cm³/mol. The topological polar surface area (TPSA) is 130 Å². The summed E-state index contributed by atoms with van der Waals surface area (Å²) in [4.78, 5) is 33.3. The number of Topliss-reactive ketones (excluding diaryl/α,β-unsaturated/α-hetero) is 1. The number of thioether (sulfide) groups is 1. The summed E-state index contributed by atoms with van der Waals surface area (Å²) in [5.74, 6) is -1.46. The number of methoxy groups -OCH3 is 1. The highest BCUT2D eigenvalue weighted by molar-refractivity contribution is 8.00. The molecule has 4 heterocycles. The normalized spacial score (nSPS) is 16.2. The summed E-state index contributed by atoms with van der Waals surface area (Å²) in [6.45, 7) is 1.72. The number of phenols is 1. The van der Waals surface area contributed by atoms with E-state index in [1.165, 1.54) is 47.2 Å². The number of nitrogens with zero attached hydrogens (tertiary/aromatic N) is 5. The molecule has 0 aliphatic carbocycles. The molecule has 10 nitrogen and oxygen atoms in total. The maximum Gasteiger partial charge on any atom is 0.301 e. The average Bonchev–Trinajstić information content (AvgIpc) is 3.73. The van der Waals surface area contributed by atoms with Crippen LogP contribution < -0.4 is 9.64 Å². The number of ether oxygens (including phenoxy) is 1. The Morgan fingerprint density at radius 1 is 1.02 bits per heavy atom. The van der Waals surface area contributed by atoms with E-state index < -0.39 is 17.7 Å². The minimum absolute atomic E-state index is 0.112. The fourth-order valence-electron chi connectivity index (χ4n) is 5.65. The molecule has 6 aromatic rings. The summed E-state index contributed by atoms with van der Waals surface area (Å²) in [6.07, 6.45) is 1.73. The smallest absolute Gasteiger partial charge is 0.301 e. The molecule has 1 aliphatic rings. The third kappa shape index (κ3) is 4.88. The third-order valence-corrected chi connectivity index (χ3v) is 9.83. The Balaban J connectivity index is 1.31. The zero-order chi connectivity index (χ0) is 31.2. The number of hydrogen-bond donors (Lipinski definition) is 2. The van der Waals surface area contributed by atoms with Crippen LogP contribution in [0.5, 0.6) is 11.5 Å². The zero-order valence-electron chi connectivity index (χ0n) is 24.0. The summed E-state index contributed by atoms with van der Waals surface area (Å²) < 4.78 is 7.61. The molecular formula is C33H25N5O5S2. The van der Waals surface area contributed by atoms with Gasteiger partial charge in [-0.2, -0.15) is 0 Å². The fraction of sp³-hybridized carbons (Fsp3) is 0.121. The third-order valence-electron chi connectivity index (χ3n) is 7.73. The Kier molecular flexibility index (Phi) is 7.22. The number of aryl methyl sites for hydroxylation is 1. The van der Waals surface area contributed by atoms with Gasteiger partial charge in [0.05, 0.1) is 24.4 Å². The number of benzene rings is 3. The number of imidazole rings is 1. The number of rotatable bonds is 7. The first kappa shape index (κ1) is 28.6. The molecule has 3 aromatic carbocycles. The molecule has 1 fully saturated rings. The van der Waals surface area contributed by atoms with Crippen LogP contribution in [0.15, 0.2) is 95.0 Å². The number of hydrogen-bond acceptors (Lipinski definition) is 10. The van der Waals surface area contributed by atoms with E-state index in [9.17, 15) is 19.8 Å². The lowest BCUT2D eigenvalue weighted by molar-refractivity contribution is -0.132. The van der Waals surface area contributed by atoms with Gasteiger partial charge in [0.1, 0.15) is 11.3 Å². The maximum absolute atomic E-state index is 13.8. The van der Waals surface area contributed by atoms with Gasteiger partial charge in [-0.1, -0.05) is 77.7 Å². The summed E-state index contributed by atoms with van der Waals surface area (Å²) in [5.41, 5.74) is 2.78. The second kappa shape index (κ2) is 11.4. The van der Waals surface area contributed by atoms with E-state index in [2.05, 4.69) is 39.4 Å². The average molecular weight is 636 g/mol. The molecule has 2 N–H and O–H groups in total. The molecule has 1 aliphatic heterocycles. The molecule has 0 bridgehead atoms. The van der Waals surface area contributed by atoms with Crippen molar-refractivity contribution in [1.29, 1.82) is 0 Å². The van der Waals surface area contributed by atoms with E-state index in [1.807, 2.05) is 24.3 Å². The lowest BCUT2D eigenvalue weighted by Crippen LogP contribution is -2.29. The monoisotopic (exact) mass is 635 g/mol. The summed E-state index contributed by atoms with van der Waals surface area (Å²) >= 11 is 2.66. The second-order valence-electron chi connectivity index (χ2n) is 10.4. The van der Waals surface area contributed by atoms with E-state index in [0.717, 1.165) is 16.3 Å². The van der Waals surface area contributed by atoms with Crippen molar-refractivity contribution in [3.8, 4) is 11.5 Å². The number of phenolic OH excluding ortho intramolecular Hbond substituents is 1. The van der Waals surface area contributed by atoms with Gasteiger partial charge in [-0.25, -0.2) is 4.98 Å². The standard InChI is InChI=1S/C33H25N5O5S2/c1-18-27(37-15-6-5-12-25(37)34-18)29(40)26-28(20-13-14-23(39)24(16-20)43-2)38(31(42)30(26)41)32-35-36-33(45-32)44-17-21-10-7-9-19-8-3-4-11-22(19)21/h3-16,28,39-40H,17H2,1-2H3. The van der Waals surface area contributed by atoms with Crippen LogP contribution in [0.2, 0.25) is 0 Å². The number of amides is 1. The quantitative estimate of drug-likeness (QED) is 0.0684. The number of aliphatic hydroxyl groups excluding tert-OH is 1. The Labute approximate surface area is 265 Å². The number of pyridine rings is 1. The molecular weight excluding hydrogens is 611 g/mol. The van der Waals surface area contributed by atoms with Gasteiger partial charge in [0.2, 0.25) is 5.13 Å². The van der Waals surface area contributed by atoms with Gasteiger partial charge in [-0.3, -0.25) is 18.9 Å². The van der Waals surface area contributed by atoms with Crippen molar-refractivity contribution >= 4 is 62.1 Å². The largest absolute Gasteiger partial charge is 0.505 e. The molecule has 45 heavy (non-hydrogen) atoms. The Morgan fingerprint density at radius 3 is 2.67 bits per heavy atom. The highest BCUT2D eigenvalue weighted by Gasteiger charge is 2.49. The minimum Gasteiger partial charge on any atom is -0.505 e. The van der Waals surface area contributed by atoms with Gasteiger partial charge in [-0.05, 0) is 53.1 Å². The van der Waals surface area contributed by atoms with Crippen molar-refractivity contribution < 1.29 is 24.5 Å². The van der Waals surface area contributed by atoms with Crippen LogP contribution in [0.25, 0.3) is 22.2 Å². The SMILES string of the molecule is COc1cc(C2C(=C(O)c3c(C)nc4ccccn34)C(=O)C(=O)N2c2nnc(SCc3cccc4ccccc34)s2)ccc1O. The molecule has 224 valence electrons. The van der Waals surface area contributed by atoms with Crippen molar-refractivity contribution in [2.75, 3.05) is 12.0 Å². The van der Waals surface area contributed by atoms with E-state index in [-0.39, 0.29) is 28.0 Å². The number of fused-ring (bicyclic) bond motifs is 2. The molecule has 1 atom stereocenters. The Hall–Kier alpha value is -5.20. The number of ketones is 1. The number of carbonyl (C=O) groups is 2. The van der Waals surface area contributed by atoms with Gasteiger partial charge in [-0.15, -0.1) is 10.2 Å². The van der Waals surface area contributed by atoms with Crippen LogP contribution in [0.3, 0.4) is 0 Å². The fourth-order valence-corrected chi connectivity index (χ4v) is 7.52. The van der Waals surface area contributed by atoms with Crippen LogP contribution in [-0.4, -0.2) is 48.6 Å². The molecule has 1 saturated heterocycles. The van der Waals surface area contributed by atoms with Gasteiger partial charge in [0.15, 0.2) is 21.6 Å². The number of aromatic hydroxyl groups is 1. The second-order valence-corrected chi connectivity index (χ2v) is 12.5. The molecule has 3 aromatic heterocycles. The van der Waals surface area contributed by atoms with E-state index in [1.54, 1.807) is 35.7 Å². The molecule has 0 radical (unpaired) electrons. The summed E-state index contributed by atoms with van der Waals surface area (Å²) in [6, 6.07) is 23.1. The van der Waals surface area contributed by atoms with Crippen molar-refractivity contribution in [3.05, 3.63) is 113 Å². The van der Waals surface area contributed by atoms with Gasteiger partial charge < -0.3 is 14.9 Å². The maximum atomic E-state index is 13.8. The predicted octanol–water partition coefficient (Wildman–Crippen LogP) is 6.28. The molecule has 1 amide bonds. The Bertz CT molecular complexity index is 2170. The van der Waals surface area contributed by atoms with Crippen LogP contribution in [-0.2, 0) is 15.3 Å². The number of anilines is 1. The first-order valence-electron chi connectivity index (χ1n) is 13.9. The van der Waals surface area contributed by atoms with E-state index >= 15 is 0 Å². The number of aliphatic hydroxyl groups is 1. The first-order valence-corrected chi connectivity index (χ1v) is 15.7. The molecule has 7 rings (SSSR count). The van der Waals surface area contributed by atoms with E-state index in [4.69, 9.17) is 4.74 Å². The van der Waals surface area contributed by atoms with Crippen molar-refractivity contribution in [3.63, 3.8) is 0 Å². The lowest BCUT2D eigenvalue weighted by Gasteiger charge is -2.23. The zero-order valence-corrected chi connectivity index (χ0v) is 25.7. The summed E-state index contributed by atoms with van der Waals surface area (Å²) in [5, 5.41) is 33.2. The number of aromatic nitrogens is 4. The highest BCUT2D eigenvalue weighted by Crippen LogP contribution is 2.46. The lowest BCUT2D eigenvalue weighted by atomic mass is 9.96. The van der Waals surface area contributed by atoms with Crippen LogP contribution >= 0.6 is 23.1 Å². The summed E-state index contributed by atoms with van der Waals surface area (Å²) in [7, 11) is 1.40. The highest BCUT2D eigenvalue weighted by atomic mass is 32.2. The molecule has 0 spiro atoms.